The molecule has 0 saturated heterocycles. The summed E-state index contributed by atoms with van der Waals surface area (Å²) in [6.45, 7) is 7.16. The lowest BCUT2D eigenvalue weighted by Gasteiger charge is -2.29. The van der Waals surface area contributed by atoms with Gasteiger partial charge in [-0.15, -0.1) is 0 Å². The van der Waals surface area contributed by atoms with E-state index in [4.69, 9.17) is 4.74 Å². The van der Waals surface area contributed by atoms with Gasteiger partial charge in [0.2, 0.25) is 0 Å². The summed E-state index contributed by atoms with van der Waals surface area (Å²) in [5.41, 5.74) is 4.58. The number of amides is 3. The summed E-state index contributed by atoms with van der Waals surface area (Å²) >= 11 is 0. The average Bonchev–Trinajstić information content (AvgIpc) is 2.67. The lowest BCUT2D eigenvalue weighted by Crippen LogP contribution is -2.37. The summed E-state index contributed by atoms with van der Waals surface area (Å²) in [7, 11) is 1.51. The molecule has 0 aliphatic carbocycles. The van der Waals surface area contributed by atoms with Gasteiger partial charge in [0.1, 0.15) is 6.61 Å². The van der Waals surface area contributed by atoms with E-state index in [1.807, 2.05) is 42.5 Å². The third kappa shape index (κ3) is 5.15. The number of aryl methyl sites for hydroxylation is 1. The standard InChI is InChI=1S/C23H29N3O3/c1-23(2,3)17-8-11-18(12-9-17)24-22(28)25-19-10-7-16-6-5-13-26(20(16)14-19)21(27)15-29-4/h7-12,14H,5-6,13,15H2,1-4H3,(H2,24,25,28). The molecule has 0 fully saturated rings. The minimum Gasteiger partial charge on any atom is -0.375 e. The van der Waals surface area contributed by atoms with E-state index in [1.54, 1.807) is 4.90 Å². The Bertz CT molecular complexity index is 885. The summed E-state index contributed by atoms with van der Waals surface area (Å²) in [5, 5.41) is 5.71. The molecule has 1 heterocycles. The fourth-order valence-electron chi connectivity index (χ4n) is 3.46. The molecule has 6 heteroatoms. The molecule has 6 nitrogen and oxygen atoms in total. The van der Waals surface area contributed by atoms with Crippen molar-refractivity contribution in [3.63, 3.8) is 0 Å². The molecule has 0 aromatic heterocycles. The molecule has 3 amide bonds. The fraction of sp³-hybridized carbons (Fsp3) is 0.391. The smallest absolute Gasteiger partial charge is 0.323 e. The van der Waals surface area contributed by atoms with E-state index < -0.39 is 0 Å². The molecular formula is C23H29N3O3. The molecule has 0 radical (unpaired) electrons. The van der Waals surface area contributed by atoms with Gasteiger partial charge in [0.05, 0.1) is 0 Å². The van der Waals surface area contributed by atoms with Gasteiger partial charge in [-0.05, 0) is 53.6 Å². The van der Waals surface area contributed by atoms with Crippen LogP contribution in [0.15, 0.2) is 42.5 Å². The molecule has 0 atom stereocenters. The third-order valence-electron chi connectivity index (χ3n) is 5.04. The predicted octanol–water partition coefficient (Wildman–Crippen LogP) is 4.55. The molecule has 154 valence electrons. The minimum atomic E-state index is -0.320. The van der Waals surface area contributed by atoms with E-state index in [0.717, 1.165) is 29.8 Å². The Balaban J connectivity index is 1.69. The SMILES string of the molecule is COCC(=O)N1CCCc2ccc(NC(=O)Nc3ccc(C(C)(C)C)cc3)cc21. The number of urea groups is 1. The maximum atomic E-state index is 12.4. The van der Waals surface area contributed by atoms with Crippen LogP contribution in [-0.2, 0) is 21.4 Å². The highest BCUT2D eigenvalue weighted by Crippen LogP contribution is 2.30. The second-order valence-electron chi connectivity index (χ2n) is 8.33. The van der Waals surface area contributed by atoms with E-state index >= 15 is 0 Å². The normalized spacial score (nSPS) is 13.6. The first-order valence-corrected chi connectivity index (χ1v) is 9.89. The summed E-state index contributed by atoms with van der Waals surface area (Å²) < 4.78 is 4.99. The molecule has 29 heavy (non-hydrogen) atoms. The van der Waals surface area contributed by atoms with Crippen LogP contribution >= 0.6 is 0 Å². The van der Waals surface area contributed by atoms with Gasteiger partial charge in [-0.25, -0.2) is 4.79 Å². The predicted molar refractivity (Wildman–Crippen MR) is 117 cm³/mol. The van der Waals surface area contributed by atoms with Crippen molar-refractivity contribution >= 4 is 29.0 Å². The Hall–Kier alpha value is -2.86. The number of rotatable bonds is 4. The van der Waals surface area contributed by atoms with Crippen LogP contribution in [0.1, 0.15) is 38.3 Å². The van der Waals surface area contributed by atoms with Gasteiger partial charge in [-0.3, -0.25) is 4.79 Å². The Morgan fingerprint density at radius 1 is 1.03 bits per heavy atom. The lowest BCUT2D eigenvalue weighted by atomic mass is 9.87. The van der Waals surface area contributed by atoms with E-state index in [-0.39, 0.29) is 24.0 Å². The van der Waals surface area contributed by atoms with Gasteiger partial charge in [0, 0.05) is 30.7 Å². The molecular weight excluding hydrogens is 366 g/mol. The van der Waals surface area contributed by atoms with Gasteiger partial charge in [-0.1, -0.05) is 39.0 Å². The first kappa shape index (κ1) is 20.9. The Morgan fingerprint density at radius 2 is 1.69 bits per heavy atom. The van der Waals surface area contributed by atoms with Crippen LogP contribution < -0.4 is 15.5 Å². The van der Waals surface area contributed by atoms with Crippen LogP contribution in [0.2, 0.25) is 0 Å². The molecule has 0 saturated carbocycles. The summed E-state index contributed by atoms with van der Waals surface area (Å²) in [6, 6.07) is 13.2. The summed E-state index contributed by atoms with van der Waals surface area (Å²) in [6.07, 6.45) is 1.83. The average molecular weight is 396 g/mol. The number of anilines is 3. The van der Waals surface area contributed by atoms with Crippen LogP contribution in [0.25, 0.3) is 0 Å². The van der Waals surface area contributed by atoms with Gasteiger partial charge < -0.3 is 20.3 Å². The Labute approximate surface area is 172 Å². The number of methoxy groups -OCH3 is 1. The van der Waals surface area contributed by atoms with Gasteiger partial charge in [-0.2, -0.15) is 0 Å². The number of ether oxygens (including phenoxy) is 1. The molecule has 0 unspecified atom stereocenters. The molecule has 0 spiro atoms. The fourth-order valence-corrected chi connectivity index (χ4v) is 3.46. The number of hydrogen-bond acceptors (Lipinski definition) is 3. The van der Waals surface area contributed by atoms with Crippen molar-refractivity contribution < 1.29 is 14.3 Å². The first-order valence-electron chi connectivity index (χ1n) is 9.89. The van der Waals surface area contributed by atoms with Crippen molar-refractivity contribution in [1.29, 1.82) is 0 Å². The highest BCUT2D eigenvalue weighted by molar-refractivity contribution is 6.01. The zero-order valence-electron chi connectivity index (χ0n) is 17.5. The molecule has 3 rings (SSSR count). The lowest BCUT2D eigenvalue weighted by molar-refractivity contribution is -0.122. The topological polar surface area (TPSA) is 70.7 Å². The van der Waals surface area contributed by atoms with Crippen molar-refractivity contribution in [3.8, 4) is 0 Å². The maximum absolute atomic E-state index is 12.4. The zero-order valence-corrected chi connectivity index (χ0v) is 17.5. The van der Waals surface area contributed by atoms with Crippen LogP contribution in [0.3, 0.4) is 0 Å². The highest BCUT2D eigenvalue weighted by atomic mass is 16.5. The van der Waals surface area contributed by atoms with Gasteiger partial charge in [0.15, 0.2) is 0 Å². The van der Waals surface area contributed by atoms with Crippen molar-refractivity contribution in [1.82, 2.24) is 0 Å². The number of nitrogens with one attached hydrogen (secondary N) is 2. The van der Waals surface area contributed by atoms with Gasteiger partial charge in [0.25, 0.3) is 5.91 Å². The first-order chi connectivity index (χ1) is 13.8. The summed E-state index contributed by atoms with van der Waals surface area (Å²) in [5.74, 6) is -0.0750. The van der Waals surface area contributed by atoms with Crippen LogP contribution in [0.4, 0.5) is 21.9 Å². The molecule has 2 aromatic carbocycles. The zero-order chi connectivity index (χ0) is 21.0. The quantitative estimate of drug-likeness (QED) is 0.798. The number of nitrogens with zero attached hydrogens (tertiary/aromatic N) is 1. The third-order valence-corrected chi connectivity index (χ3v) is 5.04. The van der Waals surface area contributed by atoms with Crippen LogP contribution in [0.5, 0.6) is 0 Å². The minimum absolute atomic E-state index is 0.0438. The van der Waals surface area contributed by atoms with Gasteiger partial charge >= 0.3 is 6.03 Å². The van der Waals surface area contributed by atoms with Crippen LogP contribution in [0, 0.1) is 0 Å². The van der Waals surface area contributed by atoms with Crippen molar-refractivity contribution in [2.45, 2.75) is 39.0 Å². The molecule has 1 aliphatic rings. The van der Waals surface area contributed by atoms with E-state index in [9.17, 15) is 9.59 Å². The van der Waals surface area contributed by atoms with E-state index in [1.165, 1.54) is 12.7 Å². The number of carbonyl (C=O) groups is 2. The maximum Gasteiger partial charge on any atom is 0.323 e. The molecule has 2 N–H and O–H groups in total. The summed E-state index contributed by atoms with van der Waals surface area (Å²) in [4.78, 5) is 26.5. The Morgan fingerprint density at radius 3 is 2.34 bits per heavy atom. The molecule has 0 bridgehead atoms. The van der Waals surface area contributed by atoms with Crippen molar-refractivity contribution in [3.05, 3.63) is 53.6 Å². The van der Waals surface area contributed by atoms with Crippen molar-refractivity contribution in [2.75, 3.05) is 35.8 Å². The number of carbonyl (C=O) groups excluding carboxylic acids is 2. The molecule has 1 aliphatic heterocycles. The highest BCUT2D eigenvalue weighted by Gasteiger charge is 2.23. The second-order valence-corrected chi connectivity index (χ2v) is 8.33. The Kier molecular flexibility index (Phi) is 6.23. The number of fused-ring (bicyclic) bond motifs is 1. The number of benzene rings is 2. The number of hydrogen-bond donors (Lipinski definition) is 2. The monoisotopic (exact) mass is 395 g/mol. The van der Waals surface area contributed by atoms with E-state index in [0.29, 0.717) is 12.2 Å². The second kappa shape index (κ2) is 8.66. The van der Waals surface area contributed by atoms with Crippen LogP contribution in [-0.4, -0.2) is 32.2 Å². The van der Waals surface area contributed by atoms with Crippen molar-refractivity contribution in [2.24, 2.45) is 0 Å². The largest absolute Gasteiger partial charge is 0.375 e. The van der Waals surface area contributed by atoms with E-state index in [2.05, 4.69) is 31.4 Å². The molecule has 2 aromatic rings.